The van der Waals surface area contributed by atoms with Crippen LogP contribution in [0.25, 0.3) is 0 Å². The first-order valence-corrected chi connectivity index (χ1v) is 8.67. The fraction of sp³-hybridized carbons (Fsp3) is 0.389. The van der Waals surface area contributed by atoms with Gasteiger partial charge in [0, 0.05) is 30.3 Å². The molecular weight excluding hydrogens is 344 g/mol. The van der Waals surface area contributed by atoms with Crippen molar-refractivity contribution < 1.29 is 19.1 Å². The topological polar surface area (TPSA) is 75.7 Å². The number of carbonyl (C=O) groups excluding carboxylic acids is 3. The molecule has 1 N–H and O–H groups in total. The number of Topliss-reactive ketones (excluding diaryl/α,β-unsaturated/α-hetero) is 2. The second-order valence-corrected chi connectivity index (χ2v) is 6.38. The van der Waals surface area contributed by atoms with Gasteiger partial charge in [-0.25, -0.2) is 4.79 Å². The number of piperidine rings is 1. The summed E-state index contributed by atoms with van der Waals surface area (Å²) in [5.74, 6) is -0.614. The molecule has 132 valence electrons. The van der Waals surface area contributed by atoms with E-state index in [0.717, 1.165) is 0 Å². The number of benzene rings is 1. The molecule has 0 unspecified atom stereocenters. The molecule has 1 aromatic carbocycles. The van der Waals surface area contributed by atoms with Gasteiger partial charge in [0.1, 0.15) is 10.7 Å². The number of likely N-dealkylation sites (tertiary alicyclic amines) is 1. The van der Waals surface area contributed by atoms with Crippen molar-refractivity contribution in [2.24, 2.45) is 0 Å². The average Bonchev–Trinajstić information content (AvgIpc) is 2.64. The number of amides is 1. The van der Waals surface area contributed by atoms with E-state index in [2.05, 4.69) is 5.32 Å². The highest BCUT2D eigenvalue weighted by Crippen LogP contribution is 2.28. The summed E-state index contributed by atoms with van der Waals surface area (Å²) in [6.07, 6.45) is 0.974. The van der Waals surface area contributed by atoms with Crippen molar-refractivity contribution in [3.8, 4) is 0 Å². The van der Waals surface area contributed by atoms with Crippen LogP contribution in [-0.2, 0) is 4.74 Å². The van der Waals surface area contributed by atoms with Crippen molar-refractivity contribution in [2.45, 2.75) is 25.8 Å². The lowest BCUT2D eigenvalue weighted by molar-refractivity contribution is 0.0929. The molecule has 0 spiro atoms. The zero-order valence-electron chi connectivity index (χ0n) is 13.9. The van der Waals surface area contributed by atoms with Crippen LogP contribution in [0.2, 0.25) is 0 Å². The maximum atomic E-state index is 12.7. The van der Waals surface area contributed by atoms with Crippen LogP contribution < -0.4 is 5.32 Å². The second-order valence-electron chi connectivity index (χ2n) is 6.00. The third-order valence-electron chi connectivity index (χ3n) is 4.43. The predicted octanol–water partition coefficient (Wildman–Crippen LogP) is 2.73. The highest BCUT2D eigenvalue weighted by Gasteiger charge is 2.33. The number of rotatable bonds is 3. The predicted molar refractivity (Wildman–Crippen MR) is 92.7 cm³/mol. The molecule has 1 aliphatic heterocycles. The minimum absolute atomic E-state index is 0.0311. The summed E-state index contributed by atoms with van der Waals surface area (Å²) in [6, 6.07) is 6.63. The van der Waals surface area contributed by atoms with E-state index in [0.29, 0.717) is 43.7 Å². The zero-order chi connectivity index (χ0) is 18.0. The van der Waals surface area contributed by atoms with E-state index in [-0.39, 0.29) is 34.4 Å². The van der Waals surface area contributed by atoms with Gasteiger partial charge in [0.15, 0.2) is 0 Å². The first kappa shape index (κ1) is 17.5. The van der Waals surface area contributed by atoms with Gasteiger partial charge in [0.05, 0.1) is 6.61 Å². The van der Waals surface area contributed by atoms with Gasteiger partial charge in [-0.05, 0) is 19.8 Å². The number of fused-ring (bicyclic) bond motifs is 1. The molecule has 0 bridgehead atoms. The highest BCUT2D eigenvalue weighted by molar-refractivity contribution is 6.49. The van der Waals surface area contributed by atoms with E-state index >= 15 is 0 Å². The molecule has 1 aromatic rings. The Morgan fingerprint density at radius 1 is 1.20 bits per heavy atom. The number of nitrogens with one attached hydrogen (secondary N) is 1. The molecule has 1 saturated heterocycles. The summed E-state index contributed by atoms with van der Waals surface area (Å²) >= 11 is 6.16. The van der Waals surface area contributed by atoms with E-state index < -0.39 is 0 Å². The van der Waals surface area contributed by atoms with E-state index in [1.165, 1.54) is 0 Å². The Morgan fingerprint density at radius 3 is 2.40 bits per heavy atom. The minimum Gasteiger partial charge on any atom is -0.450 e. The second kappa shape index (κ2) is 7.27. The third-order valence-corrected chi connectivity index (χ3v) is 4.79. The van der Waals surface area contributed by atoms with Gasteiger partial charge in [-0.2, -0.15) is 0 Å². The molecular formula is C18H19ClN2O4. The Kier molecular flexibility index (Phi) is 5.08. The fourth-order valence-corrected chi connectivity index (χ4v) is 3.34. The lowest BCUT2D eigenvalue weighted by Crippen LogP contribution is -2.46. The molecule has 7 heteroatoms. The number of allylic oxidation sites excluding steroid dienone is 2. The van der Waals surface area contributed by atoms with E-state index in [1.54, 1.807) is 36.1 Å². The SMILES string of the molecule is CCOC(=O)N1CCC(NC2=C(Cl)C(=O)c3ccccc3C2=O)CC1. The normalized spacial score (nSPS) is 18.2. The number of ether oxygens (including phenoxy) is 1. The van der Waals surface area contributed by atoms with Crippen molar-refractivity contribution in [2.75, 3.05) is 19.7 Å². The fourth-order valence-electron chi connectivity index (χ4n) is 3.10. The lowest BCUT2D eigenvalue weighted by Gasteiger charge is -2.33. The number of halogens is 1. The Morgan fingerprint density at radius 2 is 1.80 bits per heavy atom. The monoisotopic (exact) mass is 362 g/mol. The Bertz CT molecular complexity index is 751. The van der Waals surface area contributed by atoms with Crippen molar-refractivity contribution in [1.29, 1.82) is 0 Å². The van der Waals surface area contributed by atoms with Gasteiger partial charge in [0.25, 0.3) is 0 Å². The largest absolute Gasteiger partial charge is 0.450 e. The van der Waals surface area contributed by atoms with Crippen LogP contribution in [0, 0.1) is 0 Å². The first-order chi connectivity index (χ1) is 12.0. The summed E-state index contributed by atoms with van der Waals surface area (Å²) in [5, 5.41) is 3.05. The van der Waals surface area contributed by atoms with Crippen LogP contribution in [-0.4, -0.2) is 48.3 Å². The molecule has 1 fully saturated rings. The van der Waals surface area contributed by atoms with Crippen LogP contribution in [0.15, 0.2) is 35.0 Å². The Balaban J connectivity index is 1.70. The maximum absolute atomic E-state index is 12.7. The summed E-state index contributed by atoms with van der Waals surface area (Å²) < 4.78 is 4.99. The van der Waals surface area contributed by atoms with Gasteiger partial charge in [-0.15, -0.1) is 0 Å². The summed E-state index contributed by atoms with van der Waals surface area (Å²) in [6.45, 7) is 3.17. The van der Waals surface area contributed by atoms with Crippen LogP contribution in [0.3, 0.4) is 0 Å². The molecule has 6 nitrogen and oxygen atoms in total. The number of ketones is 2. The molecule has 0 saturated carbocycles. The van der Waals surface area contributed by atoms with Crippen molar-refractivity contribution in [3.05, 3.63) is 46.1 Å². The lowest BCUT2D eigenvalue weighted by atomic mass is 9.91. The standard InChI is InChI=1S/C18H19ClN2O4/c1-2-25-18(24)21-9-7-11(8-10-21)20-15-14(19)16(22)12-5-3-4-6-13(12)17(15)23/h3-6,11,20H,2,7-10H2,1H3. The summed E-state index contributed by atoms with van der Waals surface area (Å²) in [5.41, 5.74) is 0.850. The average molecular weight is 363 g/mol. The van der Waals surface area contributed by atoms with E-state index in [1.807, 2.05) is 0 Å². The highest BCUT2D eigenvalue weighted by atomic mass is 35.5. The van der Waals surface area contributed by atoms with Crippen LogP contribution in [0.5, 0.6) is 0 Å². The molecule has 1 aliphatic carbocycles. The molecule has 1 heterocycles. The molecule has 3 rings (SSSR count). The Hall–Kier alpha value is -2.34. The van der Waals surface area contributed by atoms with Crippen LogP contribution in [0.1, 0.15) is 40.5 Å². The van der Waals surface area contributed by atoms with E-state index in [9.17, 15) is 14.4 Å². The number of hydrogen-bond acceptors (Lipinski definition) is 5. The number of hydrogen-bond donors (Lipinski definition) is 1. The number of nitrogens with zero attached hydrogens (tertiary/aromatic N) is 1. The Labute approximate surface area is 150 Å². The minimum atomic E-state index is -0.344. The maximum Gasteiger partial charge on any atom is 0.409 e. The summed E-state index contributed by atoms with van der Waals surface area (Å²) in [4.78, 5) is 38.4. The molecule has 1 amide bonds. The quantitative estimate of drug-likeness (QED) is 0.894. The van der Waals surface area contributed by atoms with Gasteiger partial charge in [-0.1, -0.05) is 35.9 Å². The zero-order valence-corrected chi connectivity index (χ0v) is 14.6. The summed E-state index contributed by atoms with van der Waals surface area (Å²) in [7, 11) is 0. The van der Waals surface area contributed by atoms with Crippen molar-refractivity contribution in [3.63, 3.8) is 0 Å². The van der Waals surface area contributed by atoms with Gasteiger partial charge >= 0.3 is 6.09 Å². The van der Waals surface area contributed by atoms with Crippen molar-refractivity contribution in [1.82, 2.24) is 10.2 Å². The van der Waals surface area contributed by atoms with E-state index in [4.69, 9.17) is 16.3 Å². The van der Waals surface area contributed by atoms with Crippen molar-refractivity contribution >= 4 is 29.3 Å². The molecule has 0 radical (unpaired) electrons. The van der Waals surface area contributed by atoms with Gasteiger partial charge < -0.3 is 15.0 Å². The molecule has 2 aliphatic rings. The van der Waals surface area contributed by atoms with Crippen LogP contribution in [0.4, 0.5) is 4.79 Å². The molecule has 0 atom stereocenters. The third kappa shape index (κ3) is 3.39. The first-order valence-electron chi connectivity index (χ1n) is 8.29. The van der Waals surface area contributed by atoms with Crippen LogP contribution >= 0.6 is 11.6 Å². The van der Waals surface area contributed by atoms with Gasteiger partial charge in [-0.3, -0.25) is 9.59 Å². The van der Waals surface area contributed by atoms with Gasteiger partial charge in [0.2, 0.25) is 11.6 Å². The smallest absolute Gasteiger partial charge is 0.409 e. The molecule has 25 heavy (non-hydrogen) atoms. The number of carbonyl (C=O) groups is 3. The molecule has 0 aromatic heterocycles.